The number of carbonyl (C=O) groups is 1. The van der Waals surface area contributed by atoms with Crippen LogP contribution in [0.3, 0.4) is 0 Å². The first-order chi connectivity index (χ1) is 10.6. The molecule has 5 nitrogen and oxygen atoms in total. The van der Waals surface area contributed by atoms with Gasteiger partial charge in [0.2, 0.25) is 0 Å². The van der Waals surface area contributed by atoms with Gasteiger partial charge in [-0.15, -0.1) is 0 Å². The Labute approximate surface area is 133 Å². The van der Waals surface area contributed by atoms with Crippen LogP contribution in [0.2, 0.25) is 0 Å². The van der Waals surface area contributed by atoms with Crippen LogP contribution in [0.5, 0.6) is 0 Å². The van der Waals surface area contributed by atoms with Crippen molar-refractivity contribution in [1.29, 1.82) is 0 Å². The molecule has 0 saturated heterocycles. The van der Waals surface area contributed by atoms with Gasteiger partial charge in [-0.3, -0.25) is 0 Å². The van der Waals surface area contributed by atoms with Crippen LogP contribution in [-0.2, 0) is 9.53 Å². The van der Waals surface area contributed by atoms with E-state index in [0.717, 1.165) is 44.6 Å². The molecule has 1 rings (SSSR count). The molecule has 0 heterocycles. The number of hydrogen-bond donors (Lipinski definition) is 3. The van der Waals surface area contributed by atoms with Crippen molar-refractivity contribution in [2.45, 2.75) is 51.4 Å². The highest BCUT2D eigenvalue weighted by Gasteiger charge is 2.50. The van der Waals surface area contributed by atoms with Crippen LogP contribution in [0.15, 0.2) is 12.7 Å². The Bertz CT molecular complexity index is 351. The quantitative estimate of drug-likeness (QED) is 0.514. The maximum Gasteiger partial charge on any atom is 0.330 e. The van der Waals surface area contributed by atoms with Crippen LogP contribution in [0, 0.1) is 10.8 Å². The third-order valence-corrected chi connectivity index (χ3v) is 5.25. The molecule has 0 aromatic rings. The molecular weight excluding hydrogens is 284 g/mol. The average Bonchev–Trinajstić information content (AvgIpc) is 2.57. The van der Waals surface area contributed by atoms with Crippen molar-refractivity contribution in [3.8, 4) is 0 Å². The number of rotatable bonds is 6. The van der Waals surface area contributed by atoms with Crippen molar-refractivity contribution in [3.63, 3.8) is 0 Å². The zero-order chi connectivity index (χ0) is 16.5. The maximum atomic E-state index is 11.4. The Morgan fingerprint density at radius 1 is 0.909 bits per heavy atom. The van der Waals surface area contributed by atoms with E-state index in [9.17, 15) is 20.1 Å². The molecule has 5 heteroatoms. The highest BCUT2D eigenvalue weighted by Crippen LogP contribution is 2.47. The molecule has 0 spiro atoms. The zero-order valence-corrected chi connectivity index (χ0v) is 13.4. The van der Waals surface area contributed by atoms with E-state index in [1.165, 1.54) is 0 Å². The normalized spacial score (nSPS) is 26.1. The molecule has 1 aliphatic rings. The van der Waals surface area contributed by atoms with Crippen LogP contribution in [0.25, 0.3) is 0 Å². The smallest absolute Gasteiger partial charge is 0.330 e. The molecule has 1 aliphatic carbocycles. The fourth-order valence-corrected chi connectivity index (χ4v) is 3.49. The third kappa shape index (κ3) is 4.31. The lowest BCUT2D eigenvalue weighted by atomic mass is 9.59. The second-order valence-corrected chi connectivity index (χ2v) is 6.47. The molecule has 1 saturated carbocycles. The highest BCUT2D eigenvalue weighted by atomic mass is 16.5. The van der Waals surface area contributed by atoms with Gasteiger partial charge in [-0.05, 0) is 12.8 Å². The average molecular weight is 314 g/mol. The van der Waals surface area contributed by atoms with Gasteiger partial charge in [0.1, 0.15) is 6.61 Å². The summed E-state index contributed by atoms with van der Waals surface area (Å²) in [5, 5.41) is 30.0. The molecule has 0 aliphatic heterocycles. The summed E-state index contributed by atoms with van der Waals surface area (Å²) in [7, 11) is 0. The first kappa shape index (κ1) is 19.1. The molecule has 0 amide bonds. The first-order valence-electron chi connectivity index (χ1n) is 8.21. The van der Waals surface area contributed by atoms with E-state index in [-0.39, 0.29) is 26.4 Å². The Balaban J connectivity index is 3.06. The van der Waals surface area contributed by atoms with Crippen molar-refractivity contribution in [2.75, 3.05) is 26.4 Å². The van der Waals surface area contributed by atoms with E-state index in [4.69, 9.17) is 4.74 Å². The summed E-state index contributed by atoms with van der Waals surface area (Å²) in [6.07, 6.45) is 8.50. The fourth-order valence-electron chi connectivity index (χ4n) is 3.49. The lowest BCUT2D eigenvalue weighted by Gasteiger charge is -2.48. The van der Waals surface area contributed by atoms with E-state index >= 15 is 0 Å². The second kappa shape index (κ2) is 9.28. The van der Waals surface area contributed by atoms with Gasteiger partial charge in [0.15, 0.2) is 0 Å². The Morgan fingerprint density at radius 2 is 1.36 bits per heavy atom. The third-order valence-electron chi connectivity index (χ3n) is 5.25. The van der Waals surface area contributed by atoms with E-state index in [1.807, 2.05) is 0 Å². The predicted molar refractivity (Wildman–Crippen MR) is 84.2 cm³/mol. The SMILES string of the molecule is C=CC(=O)OCC1(CO)CCCCCCCCC1(CO)CO. The van der Waals surface area contributed by atoms with E-state index in [2.05, 4.69) is 6.58 Å². The molecule has 3 N–H and O–H groups in total. The van der Waals surface area contributed by atoms with Crippen molar-refractivity contribution >= 4 is 5.97 Å². The van der Waals surface area contributed by atoms with Gasteiger partial charge in [0, 0.05) is 16.9 Å². The number of esters is 1. The maximum absolute atomic E-state index is 11.4. The Morgan fingerprint density at radius 3 is 1.82 bits per heavy atom. The summed E-state index contributed by atoms with van der Waals surface area (Å²) < 4.78 is 5.21. The Kier molecular flexibility index (Phi) is 8.07. The summed E-state index contributed by atoms with van der Waals surface area (Å²) in [5.74, 6) is -0.547. The van der Waals surface area contributed by atoms with Crippen LogP contribution in [0.4, 0.5) is 0 Å². The number of aliphatic hydroxyl groups is 3. The lowest BCUT2D eigenvalue weighted by molar-refractivity contribution is -0.160. The standard InChI is InChI=1S/C17H30O5/c1-2-15(21)22-14-17(13-20)10-8-6-4-3-5-7-9-16(17,11-18)12-19/h2,18-20H,1,3-14H2. The minimum atomic E-state index is -0.833. The number of aliphatic hydroxyl groups excluding tert-OH is 3. The van der Waals surface area contributed by atoms with Crippen molar-refractivity contribution in [2.24, 2.45) is 10.8 Å². The van der Waals surface area contributed by atoms with Crippen molar-refractivity contribution < 1.29 is 24.9 Å². The zero-order valence-electron chi connectivity index (χ0n) is 13.4. The number of carbonyl (C=O) groups excluding carboxylic acids is 1. The Hall–Kier alpha value is -0.910. The van der Waals surface area contributed by atoms with E-state index in [0.29, 0.717) is 12.8 Å². The van der Waals surface area contributed by atoms with Crippen LogP contribution in [0.1, 0.15) is 51.4 Å². The van der Waals surface area contributed by atoms with Gasteiger partial charge in [-0.2, -0.15) is 0 Å². The minimum Gasteiger partial charge on any atom is -0.462 e. The van der Waals surface area contributed by atoms with Gasteiger partial charge >= 0.3 is 5.97 Å². The summed E-state index contributed by atoms with van der Waals surface area (Å²) in [6, 6.07) is 0. The van der Waals surface area contributed by atoms with Gasteiger partial charge in [0.25, 0.3) is 0 Å². The predicted octanol–water partition coefficient (Wildman–Crippen LogP) is 1.80. The lowest BCUT2D eigenvalue weighted by Crippen LogP contribution is -2.53. The van der Waals surface area contributed by atoms with E-state index < -0.39 is 16.8 Å². The van der Waals surface area contributed by atoms with Gasteiger partial charge < -0.3 is 20.1 Å². The summed E-state index contributed by atoms with van der Waals surface area (Å²) in [5.41, 5.74) is -1.65. The van der Waals surface area contributed by atoms with Crippen LogP contribution in [-0.4, -0.2) is 47.7 Å². The molecular formula is C17H30O5. The summed E-state index contributed by atoms with van der Waals surface area (Å²) in [4.78, 5) is 11.4. The van der Waals surface area contributed by atoms with Gasteiger partial charge in [-0.1, -0.05) is 45.1 Å². The largest absolute Gasteiger partial charge is 0.462 e. The van der Waals surface area contributed by atoms with Crippen molar-refractivity contribution in [1.82, 2.24) is 0 Å². The molecule has 0 radical (unpaired) electrons. The molecule has 22 heavy (non-hydrogen) atoms. The first-order valence-corrected chi connectivity index (χ1v) is 8.21. The molecule has 1 atom stereocenters. The van der Waals surface area contributed by atoms with Crippen LogP contribution >= 0.6 is 0 Å². The summed E-state index contributed by atoms with van der Waals surface area (Å²) in [6.45, 7) is 2.69. The molecule has 0 aromatic carbocycles. The van der Waals surface area contributed by atoms with Crippen LogP contribution < -0.4 is 0 Å². The highest BCUT2D eigenvalue weighted by molar-refractivity contribution is 5.81. The molecule has 1 unspecified atom stereocenters. The number of hydrogen-bond acceptors (Lipinski definition) is 5. The molecule has 0 bridgehead atoms. The summed E-state index contributed by atoms with van der Waals surface area (Å²) >= 11 is 0. The molecule has 128 valence electrons. The molecule has 0 aromatic heterocycles. The van der Waals surface area contributed by atoms with Gasteiger partial charge in [-0.25, -0.2) is 4.79 Å². The minimum absolute atomic E-state index is 0.00449. The van der Waals surface area contributed by atoms with Crippen molar-refractivity contribution in [3.05, 3.63) is 12.7 Å². The molecule has 1 fully saturated rings. The monoisotopic (exact) mass is 314 g/mol. The fraction of sp³-hybridized carbons (Fsp3) is 0.824. The number of ether oxygens (including phenoxy) is 1. The van der Waals surface area contributed by atoms with Gasteiger partial charge in [0.05, 0.1) is 19.8 Å². The van der Waals surface area contributed by atoms with E-state index in [1.54, 1.807) is 0 Å². The topological polar surface area (TPSA) is 87.0 Å². The second-order valence-electron chi connectivity index (χ2n) is 6.47.